The predicted molar refractivity (Wildman–Crippen MR) is 128 cm³/mol. The molecular formula is C27H24O3P+. The van der Waals surface area contributed by atoms with E-state index in [2.05, 4.69) is 72.8 Å². The second kappa shape index (κ2) is 9.59. The fourth-order valence-corrected chi connectivity index (χ4v) is 8.15. The second-order valence-electron chi connectivity index (χ2n) is 7.14. The molecule has 4 rings (SSSR count). The normalized spacial score (nSPS) is 11.0. The van der Waals surface area contributed by atoms with Crippen LogP contribution in [-0.4, -0.2) is 13.3 Å². The van der Waals surface area contributed by atoms with Crippen LogP contribution in [-0.2, 0) is 10.9 Å². The fraction of sp³-hybridized carbons (Fsp3) is 0.0741. The highest BCUT2D eigenvalue weighted by Gasteiger charge is 2.46. The zero-order valence-corrected chi connectivity index (χ0v) is 18.2. The van der Waals surface area contributed by atoms with Gasteiger partial charge in [0.05, 0.1) is 7.11 Å². The molecule has 0 fully saturated rings. The van der Waals surface area contributed by atoms with E-state index in [1.807, 2.05) is 42.5 Å². The number of methoxy groups -OCH3 is 1. The van der Waals surface area contributed by atoms with E-state index in [0.717, 1.165) is 11.7 Å². The quantitative estimate of drug-likeness (QED) is 0.237. The zero-order chi connectivity index (χ0) is 21.5. The maximum atomic E-state index is 11.9. The zero-order valence-electron chi connectivity index (χ0n) is 17.3. The van der Waals surface area contributed by atoms with Crippen molar-refractivity contribution < 1.29 is 14.3 Å². The molecule has 4 aromatic carbocycles. The molecule has 0 N–H and O–H groups in total. The summed E-state index contributed by atoms with van der Waals surface area (Å²) in [6.45, 7) is 0. The summed E-state index contributed by atoms with van der Waals surface area (Å²) >= 11 is 0. The van der Waals surface area contributed by atoms with E-state index in [-0.39, 0.29) is 0 Å². The Morgan fingerprint density at radius 3 is 1.52 bits per heavy atom. The number of hydrogen-bond donors (Lipinski definition) is 0. The van der Waals surface area contributed by atoms with E-state index in [1.54, 1.807) is 0 Å². The van der Waals surface area contributed by atoms with Crippen LogP contribution in [0.1, 0.15) is 5.56 Å². The summed E-state index contributed by atoms with van der Waals surface area (Å²) in [5.74, 6) is 0.529. The molecule has 0 aliphatic carbocycles. The van der Waals surface area contributed by atoms with Crippen molar-refractivity contribution in [2.24, 2.45) is 0 Å². The Hall–Kier alpha value is -3.42. The summed E-state index contributed by atoms with van der Waals surface area (Å²) in [5, 5.41) is 3.83. The topological polar surface area (TPSA) is 35.5 Å². The fourth-order valence-electron chi connectivity index (χ4n) is 3.89. The molecule has 0 aliphatic rings. The molecular weight excluding hydrogens is 403 g/mol. The van der Waals surface area contributed by atoms with Gasteiger partial charge in [-0.25, -0.2) is 4.79 Å². The van der Waals surface area contributed by atoms with E-state index in [4.69, 9.17) is 9.47 Å². The molecule has 0 saturated carbocycles. The van der Waals surface area contributed by atoms with E-state index in [1.165, 1.54) is 23.0 Å². The van der Waals surface area contributed by atoms with Crippen molar-refractivity contribution >= 4 is 29.3 Å². The van der Waals surface area contributed by atoms with Crippen LogP contribution in [0.25, 0.3) is 0 Å². The molecule has 0 aliphatic heterocycles. The highest BCUT2D eigenvalue weighted by Crippen LogP contribution is 2.58. The van der Waals surface area contributed by atoms with E-state index >= 15 is 0 Å². The Labute approximate surface area is 183 Å². The Morgan fingerprint density at radius 1 is 0.645 bits per heavy atom. The molecule has 0 bridgehead atoms. The first-order chi connectivity index (χ1) is 15.2. The first-order valence-electron chi connectivity index (χ1n) is 10.1. The molecule has 0 atom stereocenters. The first-order valence-corrected chi connectivity index (χ1v) is 12.1. The summed E-state index contributed by atoms with van der Waals surface area (Å²) in [5.41, 5.74) is 0.970. The van der Waals surface area contributed by atoms with Crippen LogP contribution >= 0.6 is 7.26 Å². The average molecular weight is 427 g/mol. The van der Waals surface area contributed by atoms with Gasteiger partial charge >= 0.3 is 6.16 Å². The molecule has 0 unspecified atom stereocenters. The summed E-state index contributed by atoms with van der Waals surface area (Å²) in [4.78, 5) is 11.9. The maximum absolute atomic E-state index is 11.9. The third-order valence-corrected chi connectivity index (χ3v) is 9.69. The molecule has 4 heteroatoms. The van der Waals surface area contributed by atoms with E-state index < -0.39 is 13.4 Å². The molecule has 0 saturated heterocycles. The minimum absolute atomic E-state index is 0.529. The largest absolute Gasteiger partial charge is 0.513 e. The van der Waals surface area contributed by atoms with Gasteiger partial charge in [-0.3, -0.25) is 0 Å². The number of ether oxygens (including phenoxy) is 2. The van der Waals surface area contributed by atoms with Gasteiger partial charge in [0.2, 0.25) is 0 Å². The highest BCUT2D eigenvalue weighted by molar-refractivity contribution is 7.95. The summed E-state index contributed by atoms with van der Waals surface area (Å²) in [6.07, 6.45) is 0.00796. The third-order valence-electron chi connectivity index (χ3n) is 5.33. The molecule has 0 spiro atoms. The highest BCUT2D eigenvalue weighted by atomic mass is 31.2. The van der Waals surface area contributed by atoms with Gasteiger partial charge < -0.3 is 9.47 Å². The smallest absolute Gasteiger partial charge is 0.437 e. The number of carbonyl (C=O) groups is 1. The first kappa shape index (κ1) is 20.8. The van der Waals surface area contributed by atoms with Crippen LogP contribution in [0.15, 0.2) is 115 Å². The molecule has 0 radical (unpaired) electrons. The predicted octanol–water partition coefficient (Wildman–Crippen LogP) is 5.33. The van der Waals surface area contributed by atoms with Gasteiger partial charge in [0, 0.05) is 5.56 Å². The van der Waals surface area contributed by atoms with Crippen molar-refractivity contribution in [2.75, 3.05) is 7.11 Å². The third kappa shape index (κ3) is 4.38. The molecule has 3 nitrogen and oxygen atoms in total. The average Bonchev–Trinajstić information content (AvgIpc) is 2.85. The van der Waals surface area contributed by atoms with Crippen molar-refractivity contribution in [3.8, 4) is 5.75 Å². The summed E-state index contributed by atoms with van der Waals surface area (Å²) in [6, 6.07) is 39.6. The van der Waals surface area contributed by atoms with Crippen LogP contribution in [0.5, 0.6) is 5.75 Å². The molecule has 0 aromatic heterocycles. The molecule has 154 valence electrons. The maximum Gasteiger partial charge on any atom is 0.513 e. The monoisotopic (exact) mass is 427 g/mol. The molecule has 31 heavy (non-hydrogen) atoms. The SMILES string of the molecule is COC(=O)Oc1ccccc1C[P+](c1ccccc1)(c1ccccc1)c1ccccc1. The minimum Gasteiger partial charge on any atom is -0.437 e. The lowest BCUT2D eigenvalue weighted by Gasteiger charge is -2.28. The van der Waals surface area contributed by atoms with Crippen molar-refractivity contribution in [1.82, 2.24) is 0 Å². The Balaban J connectivity index is 1.95. The number of hydrogen-bond acceptors (Lipinski definition) is 3. The minimum atomic E-state index is -2.09. The molecule has 4 aromatic rings. The van der Waals surface area contributed by atoms with Gasteiger partial charge in [0.1, 0.15) is 35.1 Å². The van der Waals surface area contributed by atoms with Gasteiger partial charge in [-0.05, 0) is 42.5 Å². The second-order valence-corrected chi connectivity index (χ2v) is 10.6. The Bertz CT molecular complexity index is 1030. The number of benzene rings is 4. The summed E-state index contributed by atoms with van der Waals surface area (Å²) < 4.78 is 10.2. The van der Waals surface area contributed by atoms with Gasteiger partial charge in [-0.1, -0.05) is 72.8 Å². The van der Waals surface area contributed by atoms with Crippen LogP contribution in [0, 0.1) is 0 Å². The van der Waals surface area contributed by atoms with Crippen molar-refractivity contribution in [2.45, 2.75) is 6.16 Å². The Morgan fingerprint density at radius 2 is 1.06 bits per heavy atom. The lowest BCUT2D eigenvalue weighted by atomic mass is 10.2. The number of rotatable bonds is 6. The number of carbonyl (C=O) groups excluding carboxylic acids is 1. The standard InChI is InChI=1S/C27H24O3P/c1-29-27(28)30-26-20-12-11-13-22(26)21-31(23-14-5-2-6-15-23,24-16-7-3-8-17-24)25-18-9-4-10-19-25/h2-20H,21H2,1H3/q+1. The number of para-hydroxylation sites is 1. The van der Waals surface area contributed by atoms with Gasteiger partial charge in [0.25, 0.3) is 0 Å². The van der Waals surface area contributed by atoms with Crippen LogP contribution in [0.3, 0.4) is 0 Å². The van der Waals surface area contributed by atoms with Crippen molar-refractivity contribution in [3.05, 3.63) is 121 Å². The van der Waals surface area contributed by atoms with Crippen LogP contribution in [0.2, 0.25) is 0 Å². The molecule has 0 amide bonds. The lowest BCUT2D eigenvalue weighted by Crippen LogP contribution is -2.32. The van der Waals surface area contributed by atoms with E-state index in [9.17, 15) is 4.79 Å². The van der Waals surface area contributed by atoms with Gasteiger partial charge in [0.15, 0.2) is 0 Å². The van der Waals surface area contributed by atoms with Gasteiger partial charge in [-0.2, -0.15) is 0 Å². The summed E-state index contributed by atoms with van der Waals surface area (Å²) in [7, 11) is -0.766. The van der Waals surface area contributed by atoms with Crippen molar-refractivity contribution in [1.29, 1.82) is 0 Å². The van der Waals surface area contributed by atoms with Crippen LogP contribution < -0.4 is 20.7 Å². The Kier molecular flexibility index (Phi) is 6.45. The molecule has 0 heterocycles. The lowest BCUT2D eigenvalue weighted by molar-refractivity contribution is 0.121. The van der Waals surface area contributed by atoms with Crippen LogP contribution in [0.4, 0.5) is 4.79 Å². The van der Waals surface area contributed by atoms with E-state index in [0.29, 0.717) is 5.75 Å². The van der Waals surface area contributed by atoms with Crippen molar-refractivity contribution in [3.63, 3.8) is 0 Å². The van der Waals surface area contributed by atoms with Gasteiger partial charge in [-0.15, -0.1) is 0 Å².